The van der Waals surface area contributed by atoms with Crippen molar-refractivity contribution in [2.75, 3.05) is 7.11 Å². The lowest BCUT2D eigenvalue weighted by molar-refractivity contribution is 0.414. The molecule has 0 saturated carbocycles. The van der Waals surface area contributed by atoms with Crippen LogP contribution in [-0.4, -0.2) is 32.7 Å². The third kappa shape index (κ3) is 2.42. The summed E-state index contributed by atoms with van der Waals surface area (Å²) in [5.41, 5.74) is 2.62. The Labute approximate surface area is 139 Å². The number of rotatable bonds is 3. The molecule has 6 heteroatoms. The molecule has 0 amide bonds. The zero-order chi connectivity index (χ0) is 16.5. The Morgan fingerprint density at radius 1 is 1.12 bits per heavy atom. The van der Waals surface area contributed by atoms with Gasteiger partial charge in [-0.1, -0.05) is 24.3 Å². The standard InChI is InChI=1S/C18H16N4O2/c1-24-13-8-6-12(7-9-13)16-10-15(14-4-2-3-5-17(14)23)21-18-19-11-20-22(16)18/h2-9,11,16,23H,10H2,1H3. The van der Waals surface area contributed by atoms with E-state index in [1.165, 1.54) is 6.33 Å². The Balaban J connectivity index is 1.77. The van der Waals surface area contributed by atoms with Gasteiger partial charge in [0.1, 0.15) is 17.8 Å². The van der Waals surface area contributed by atoms with Gasteiger partial charge < -0.3 is 9.84 Å². The average Bonchev–Trinajstić information content (AvgIpc) is 3.10. The maximum atomic E-state index is 10.1. The van der Waals surface area contributed by atoms with Gasteiger partial charge in [-0.25, -0.2) is 9.67 Å². The van der Waals surface area contributed by atoms with Crippen LogP contribution in [0.1, 0.15) is 23.6 Å². The smallest absolute Gasteiger partial charge is 0.248 e. The Bertz CT molecular complexity index is 899. The zero-order valence-corrected chi connectivity index (χ0v) is 13.1. The molecular formula is C18H16N4O2. The van der Waals surface area contributed by atoms with Gasteiger partial charge in [-0.3, -0.25) is 0 Å². The van der Waals surface area contributed by atoms with Gasteiger partial charge in [-0.2, -0.15) is 10.1 Å². The number of hydrogen-bond donors (Lipinski definition) is 1. The van der Waals surface area contributed by atoms with Crippen molar-refractivity contribution in [2.24, 2.45) is 4.99 Å². The van der Waals surface area contributed by atoms with Gasteiger partial charge in [0.05, 0.1) is 18.9 Å². The van der Waals surface area contributed by atoms with E-state index in [2.05, 4.69) is 15.1 Å². The molecule has 0 radical (unpaired) electrons. The second-order valence-electron chi connectivity index (χ2n) is 5.57. The van der Waals surface area contributed by atoms with Crippen LogP contribution in [-0.2, 0) is 0 Å². The number of methoxy groups -OCH3 is 1. The second-order valence-corrected chi connectivity index (χ2v) is 5.57. The number of phenolic OH excluding ortho intramolecular Hbond substituents is 1. The van der Waals surface area contributed by atoms with Crippen LogP contribution in [0, 0.1) is 0 Å². The molecule has 24 heavy (non-hydrogen) atoms. The van der Waals surface area contributed by atoms with Gasteiger partial charge in [-0.15, -0.1) is 0 Å². The van der Waals surface area contributed by atoms with E-state index in [0.717, 1.165) is 22.6 Å². The minimum Gasteiger partial charge on any atom is -0.507 e. The molecule has 1 aliphatic heterocycles. The van der Waals surface area contributed by atoms with E-state index in [-0.39, 0.29) is 11.8 Å². The van der Waals surface area contributed by atoms with Gasteiger partial charge in [-0.05, 0) is 29.8 Å². The molecule has 1 aromatic heterocycles. The predicted molar refractivity (Wildman–Crippen MR) is 90.1 cm³/mol. The zero-order valence-electron chi connectivity index (χ0n) is 13.1. The third-order valence-electron chi connectivity index (χ3n) is 4.19. The highest BCUT2D eigenvalue weighted by molar-refractivity contribution is 6.04. The molecule has 1 N–H and O–H groups in total. The minimum atomic E-state index is -0.0273. The molecule has 0 fully saturated rings. The van der Waals surface area contributed by atoms with E-state index in [0.29, 0.717) is 12.4 Å². The van der Waals surface area contributed by atoms with Crippen molar-refractivity contribution in [1.82, 2.24) is 14.8 Å². The topological polar surface area (TPSA) is 72.5 Å². The maximum Gasteiger partial charge on any atom is 0.248 e. The molecule has 0 spiro atoms. The number of hydrogen-bond acceptors (Lipinski definition) is 5. The van der Waals surface area contributed by atoms with Crippen LogP contribution in [0.2, 0.25) is 0 Å². The number of benzene rings is 2. The fourth-order valence-electron chi connectivity index (χ4n) is 2.95. The van der Waals surface area contributed by atoms with Crippen molar-refractivity contribution >= 4 is 11.7 Å². The molecule has 3 aromatic rings. The van der Waals surface area contributed by atoms with Crippen molar-refractivity contribution in [2.45, 2.75) is 12.5 Å². The molecule has 2 aromatic carbocycles. The Hall–Kier alpha value is -3.15. The predicted octanol–water partition coefficient (Wildman–Crippen LogP) is 3.11. The van der Waals surface area contributed by atoms with Gasteiger partial charge >= 0.3 is 0 Å². The average molecular weight is 320 g/mol. The first-order chi connectivity index (χ1) is 11.8. The van der Waals surface area contributed by atoms with E-state index in [4.69, 9.17) is 4.74 Å². The summed E-state index contributed by atoms with van der Waals surface area (Å²) >= 11 is 0. The van der Waals surface area contributed by atoms with Crippen LogP contribution in [0.4, 0.5) is 5.95 Å². The molecule has 0 saturated heterocycles. The number of para-hydroxylation sites is 1. The molecule has 120 valence electrons. The summed E-state index contributed by atoms with van der Waals surface area (Å²) in [6.07, 6.45) is 2.13. The van der Waals surface area contributed by atoms with E-state index in [1.54, 1.807) is 19.2 Å². The maximum absolute atomic E-state index is 10.1. The number of aromatic hydroxyl groups is 1. The van der Waals surface area contributed by atoms with Gasteiger partial charge in [0.2, 0.25) is 5.95 Å². The number of phenols is 1. The molecule has 0 aliphatic carbocycles. The lowest BCUT2D eigenvalue weighted by Crippen LogP contribution is -2.21. The Morgan fingerprint density at radius 2 is 1.92 bits per heavy atom. The van der Waals surface area contributed by atoms with E-state index < -0.39 is 0 Å². The van der Waals surface area contributed by atoms with Crippen LogP contribution in [0.3, 0.4) is 0 Å². The van der Waals surface area contributed by atoms with Crippen LogP contribution < -0.4 is 4.74 Å². The number of aliphatic imine (C=N–C) groups is 1. The van der Waals surface area contributed by atoms with Crippen molar-refractivity contribution in [3.05, 3.63) is 66.0 Å². The van der Waals surface area contributed by atoms with Crippen LogP contribution >= 0.6 is 0 Å². The Kier molecular flexibility index (Phi) is 3.49. The molecular weight excluding hydrogens is 304 g/mol. The van der Waals surface area contributed by atoms with E-state index in [9.17, 15) is 5.11 Å². The third-order valence-corrected chi connectivity index (χ3v) is 4.19. The van der Waals surface area contributed by atoms with E-state index in [1.807, 2.05) is 41.1 Å². The van der Waals surface area contributed by atoms with Gasteiger partial charge in [0, 0.05) is 12.0 Å². The number of fused-ring (bicyclic) bond motifs is 1. The molecule has 2 heterocycles. The van der Waals surface area contributed by atoms with Crippen LogP contribution in [0.5, 0.6) is 11.5 Å². The lowest BCUT2D eigenvalue weighted by atomic mass is 9.95. The minimum absolute atomic E-state index is 0.0273. The molecule has 1 aliphatic rings. The first-order valence-corrected chi connectivity index (χ1v) is 7.65. The SMILES string of the molecule is COc1ccc(C2CC(c3ccccc3O)=Nc3ncnn32)cc1. The summed E-state index contributed by atoms with van der Waals surface area (Å²) in [5, 5.41) is 14.5. The number of aromatic nitrogens is 3. The van der Waals surface area contributed by atoms with Crippen molar-refractivity contribution in [3.8, 4) is 11.5 Å². The fourth-order valence-corrected chi connectivity index (χ4v) is 2.95. The first kappa shape index (κ1) is 14.4. The summed E-state index contributed by atoms with van der Waals surface area (Å²) in [5.74, 6) is 1.57. The molecule has 1 atom stereocenters. The molecule has 4 rings (SSSR count). The summed E-state index contributed by atoms with van der Waals surface area (Å²) in [6.45, 7) is 0. The molecule has 6 nitrogen and oxygen atoms in total. The van der Waals surface area contributed by atoms with Crippen molar-refractivity contribution < 1.29 is 9.84 Å². The van der Waals surface area contributed by atoms with Crippen LogP contribution in [0.15, 0.2) is 59.9 Å². The van der Waals surface area contributed by atoms with Crippen molar-refractivity contribution in [1.29, 1.82) is 0 Å². The summed E-state index contributed by atoms with van der Waals surface area (Å²) < 4.78 is 7.04. The highest BCUT2D eigenvalue weighted by atomic mass is 16.5. The monoisotopic (exact) mass is 320 g/mol. The van der Waals surface area contributed by atoms with Crippen LogP contribution in [0.25, 0.3) is 0 Å². The highest BCUT2D eigenvalue weighted by Crippen LogP contribution is 2.34. The second kappa shape index (κ2) is 5.81. The largest absolute Gasteiger partial charge is 0.507 e. The summed E-state index contributed by atoms with van der Waals surface area (Å²) in [4.78, 5) is 8.80. The molecule has 1 unspecified atom stereocenters. The normalized spacial score (nSPS) is 16.4. The first-order valence-electron chi connectivity index (χ1n) is 7.65. The highest BCUT2D eigenvalue weighted by Gasteiger charge is 2.27. The van der Waals surface area contributed by atoms with E-state index >= 15 is 0 Å². The lowest BCUT2D eigenvalue weighted by Gasteiger charge is -2.24. The molecule has 0 bridgehead atoms. The number of ether oxygens (including phenoxy) is 1. The fraction of sp³-hybridized carbons (Fsp3) is 0.167. The summed E-state index contributed by atoms with van der Waals surface area (Å²) in [7, 11) is 1.65. The quantitative estimate of drug-likeness (QED) is 0.805. The van der Waals surface area contributed by atoms with Crippen molar-refractivity contribution in [3.63, 3.8) is 0 Å². The van der Waals surface area contributed by atoms with Gasteiger partial charge in [0.25, 0.3) is 0 Å². The summed E-state index contributed by atoms with van der Waals surface area (Å²) in [6, 6.07) is 15.1. The van der Waals surface area contributed by atoms with Gasteiger partial charge in [0.15, 0.2) is 0 Å². The Morgan fingerprint density at radius 3 is 2.67 bits per heavy atom. The number of nitrogens with zero attached hydrogens (tertiary/aromatic N) is 4.